The highest BCUT2D eigenvalue weighted by Crippen LogP contribution is 2.50. The van der Waals surface area contributed by atoms with E-state index in [0.717, 1.165) is 19.3 Å². The fourth-order valence-electron chi connectivity index (χ4n) is 4.73. The molecule has 2 fully saturated rings. The van der Waals surface area contributed by atoms with Gasteiger partial charge in [0.05, 0.1) is 24.3 Å². The average Bonchev–Trinajstić information content (AvgIpc) is 3.48. The summed E-state index contributed by atoms with van der Waals surface area (Å²) in [5.74, 6) is 1.37. The molecule has 1 amide bonds. The number of hydrogen-bond donors (Lipinski definition) is 1. The van der Waals surface area contributed by atoms with Crippen LogP contribution in [-0.4, -0.2) is 56.2 Å². The number of methoxy groups -OCH3 is 1. The molecule has 2 atom stereocenters. The van der Waals surface area contributed by atoms with Crippen molar-refractivity contribution in [1.82, 2.24) is 25.0 Å². The van der Waals surface area contributed by atoms with Crippen molar-refractivity contribution in [3.63, 3.8) is 0 Å². The van der Waals surface area contributed by atoms with E-state index in [0.29, 0.717) is 36.2 Å². The molecule has 9 nitrogen and oxygen atoms in total. The van der Waals surface area contributed by atoms with Crippen LogP contribution in [0.5, 0.6) is 11.5 Å². The Morgan fingerprint density at radius 2 is 2.27 bits per heavy atom. The minimum atomic E-state index is -0.370. The second-order valence-electron chi connectivity index (χ2n) is 7.83. The van der Waals surface area contributed by atoms with Gasteiger partial charge in [-0.25, -0.2) is 4.98 Å². The van der Waals surface area contributed by atoms with Crippen LogP contribution in [0.15, 0.2) is 41.3 Å². The first kappa shape index (κ1) is 18.5. The maximum absolute atomic E-state index is 13.1. The summed E-state index contributed by atoms with van der Waals surface area (Å²) in [6.45, 7) is 1.07. The molecule has 3 heterocycles. The maximum Gasteiger partial charge on any atom is 0.257 e. The van der Waals surface area contributed by atoms with E-state index in [9.17, 15) is 9.90 Å². The topological polar surface area (TPSA) is 114 Å². The van der Waals surface area contributed by atoms with Crippen molar-refractivity contribution in [2.24, 2.45) is 5.92 Å². The molecule has 1 aliphatic carbocycles. The molecule has 5 rings (SSSR count). The van der Waals surface area contributed by atoms with Gasteiger partial charge in [-0.3, -0.25) is 9.78 Å². The molecular formula is C21H21N5O4. The van der Waals surface area contributed by atoms with E-state index < -0.39 is 0 Å². The molecule has 0 unspecified atom stereocenters. The number of benzene rings is 1. The first-order chi connectivity index (χ1) is 14.6. The van der Waals surface area contributed by atoms with E-state index in [4.69, 9.17) is 9.26 Å². The Hall–Kier alpha value is -3.49. The molecule has 0 radical (unpaired) electrons. The zero-order valence-electron chi connectivity index (χ0n) is 16.5. The van der Waals surface area contributed by atoms with Crippen LogP contribution < -0.4 is 4.74 Å². The van der Waals surface area contributed by atoms with Crippen LogP contribution in [-0.2, 0) is 5.41 Å². The molecule has 1 saturated heterocycles. The number of aromatic nitrogens is 4. The van der Waals surface area contributed by atoms with Gasteiger partial charge >= 0.3 is 0 Å². The Balaban J connectivity index is 1.43. The molecule has 30 heavy (non-hydrogen) atoms. The summed E-state index contributed by atoms with van der Waals surface area (Å²) in [5, 5.41) is 14.4. The number of nitrogens with zero attached hydrogens (tertiary/aromatic N) is 5. The van der Waals surface area contributed by atoms with Crippen molar-refractivity contribution in [3.8, 4) is 23.0 Å². The van der Waals surface area contributed by atoms with E-state index in [1.165, 1.54) is 13.2 Å². The van der Waals surface area contributed by atoms with Gasteiger partial charge in [-0.15, -0.1) is 0 Å². The third-order valence-corrected chi connectivity index (χ3v) is 6.24. The van der Waals surface area contributed by atoms with Gasteiger partial charge in [-0.2, -0.15) is 4.98 Å². The van der Waals surface area contributed by atoms with Crippen LogP contribution in [0.2, 0.25) is 0 Å². The van der Waals surface area contributed by atoms with Crippen molar-refractivity contribution >= 4 is 5.91 Å². The first-order valence-corrected chi connectivity index (χ1v) is 9.87. The van der Waals surface area contributed by atoms with Gasteiger partial charge < -0.3 is 19.3 Å². The normalized spacial score (nSPS) is 22.8. The van der Waals surface area contributed by atoms with Gasteiger partial charge in [0.1, 0.15) is 17.2 Å². The van der Waals surface area contributed by atoms with Crippen LogP contribution >= 0.6 is 0 Å². The Bertz CT molecular complexity index is 1090. The van der Waals surface area contributed by atoms with Crippen LogP contribution in [0.4, 0.5) is 0 Å². The van der Waals surface area contributed by atoms with Gasteiger partial charge in [0, 0.05) is 31.5 Å². The van der Waals surface area contributed by atoms with Crippen molar-refractivity contribution in [3.05, 3.63) is 48.2 Å². The highest BCUT2D eigenvalue weighted by molar-refractivity contribution is 5.97. The van der Waals surface area contributed by atoms with Crippen molar-refractivity contribution in [1.29, 1.82) is 0 Å². The number of likely N-dealkylation sites (tertiary alicyclic amines) is 1. The Labute approximate surface area is 172 Å². The van der Waals surface area contributed by atoms with Gasteiger partial charge in [0.2, 0.25) is 11.7 Å². The summed E-state index contributed by atoms with van der Waals surface area (Å²) in [5.41, 5.74) is 0.440. The Kier molecular flexibility index (Phi) is 4.38. The average molecular weight is 407 g/mol. The molecule has 0 bridgehead atoms. The molecule has 154 valence electrons. The molecule has 3 aromatic rings. The third kappa shape index (κ3) is 2.89. The SMILES string of the molecule is COc1ccc(C(=O)N2C[C@H]3CCC[C@@]3(c3nc(-c4cnccn4)no3)C2)c(O)c1. The molecule has 2 aliphatic rings. The predicted octanol–water partition coefficient (Wildman–Crippen LogP) is 2.43. The molecule has 2 aromatic heterocycles. The Morgan fingerprint density at radius 1 is 1.37 bits per heavy atom. The lowest BCUT2D eigenvalue weighted by molar-refractivity contribution is 0.0772. The molecule has 1 aromatic carbocycles. The van der Waals surface area contributed by atoms with Crippen LogP contribution in [0.25, 0.3) is 11.5 Å². The van der Waals surface area contributed by atoms with Gasteiger partial charge in [0.15, 0.2) is 0 Å². The summed E-state index contributed by atoms with van der Waals surface area (Å²) in [6.07, 6.45) is 7.67. The van der Waals surface area contributed by atoms with Crippen LogP contribution in [0.3, 0.4) is 0 Å². The lowest BCUT2D eigenvalue weighted by Crippen LogP contribution is -2.35. The van der Waals surface area contributed by atoms with Crippen molar-refractivity contribution in [2.45, 2.75) is 24.7 Å². The van der Waals surface area contributed by atoms with Gasteiger partial charge in [-0.1, -0.05) is 11.6 Å². The van der Waals surface area contributed by atoms with E-state index in [1.54, 1.807) is 35.6 Å². The zero-order chi connectivity index (χ0) is 20.7. The molecule has 1 N–H and O–H groups in total. The second kappa shape index (κ2) is 7.08. The molecule has 9 heteroatoms. The molecule has 0 spiro atoms. The third-order valence-electron chi connectivity index (χ3n) is 6.24. The second-order valence-corrected chi connectivity index (χ2v) is 7.83. The lowest BCUT2D eigenvalue weighted by atomic mass is 9.80. The molecule has 1 saturated carbocycles. The van der Waals surface area contributed by atoms with E-state index in [-0.39, 0.29) is 28.6 Å². The van der Waals surface area contributed by atoms with Gasteiger partial charge in [-0.05, 0) is 30.9 Å². The summed E-state index contributed by atoms with van der Waals surface area (Å²) in [4.78, 5) is 27.8. The number of aromatic hydroxyl groups is 1. The predicted molar refractivity (Wildman–Crippen MR) is 105 cm³/mol. The van der Waals surface area contributed by atoms with E-state index in [1.807, 2.05) is 0 Å². The summed E-state index contributed by atoms with van der Waals surface area (Å²) >= 11 is 0. The van der Waals surface area contributed by atoms with E-state index >= 15 is 0 Å². The number of phenolic OH excluding ortho intramolecular Hbond substituents is 1. The number of phenols is 1. The number of carbonyl (C=O) groups excluding carboxylic acids is 1. The fourth-order valence-corrected chi connectivity index (χ4v) is 4.73. The number of hydrogen-bond acceptors (Lipinski definition) is 8. The lowest BCUT2D eigenvalue weighted by Gasteiger charge is -2.24. The number of fused-ring (bicyclic) bond motifs is 1. The zero-order valence-corrected chi connectivity index (χ0v) is 16.5. The minimum Gasteiger partial charge on any atom is -0.507 e. The maximum atomic E-state index is 13.1. The number of carbonyl (C=O) groups is 1. The quantitative estimate of drug-likeness (QED) is 0.701. The molecular weight excluding hydrogens is 386 g/mol. The van der Waals surface area contributed by atoms with Crippen LogP contribution in [0.1, 0.15) is 35.5 Å². The van der Waals surface area contributed by atoms with Crippen molar-refractivity contribution < 1.29 is 19.2 Å². The first-order valence-electron chi connectivity index (χ1n) is 9.87. The summed E-state index contributed by atoms with van der Waals surface area (Å²) in [7, 11) is 1.52. The Morgan fingerprint density at radius 3 is 3.03 bits per heavy atom. The number of ether oxygens (including phenoxy) is 1. The van der Waals surface area contributed by atoms with Gasteiger partial charge in [0.25, 0.3) is 5.91 Å². The fraction of sp³-hybridized carbons (Fsp3) is 0.381. The van der Waals surface area contributed by atoms with Crippen LogP contribution in [0, 0.1) is 5.92 Å². The highest BCUT2D eigenvalue weighted by atomic mass is 16.5. The standard InChI is InChI=1S/C21H21N5O4/c1-29-14-4-5-15(17(27)9-14)19(28)26-11-13-3-2-6-21(13,12-26)20-24-18(25-30-20)16-10-22-7-8-23-16/h4-5,7-10,13,27H,2-3,6,11-12H2,1H3/t13-,21-/m1/s1. The largest absolute Gasteiger partial charge is 0.507 e. The smallest absolute Gasteiger partial charge is 0.257 e. The number of rotatable bonds is 4. The van der Waals surface area contributed by atoms with E-state index in [2.05, 4.69) is 20.1 Å². The highest BCUT2D eigenvalue weighted by Gasteiger charge is 2.55. The minimum absolute atomic E-state index is 0.0896. The monoisotopic (exact) mass is 407 g/mol. The summed E-state index contributed by atoms with van der Waals surface area (Å²) in [6, 6.07) is 4.71. The summed E-state index contributed by atoms with van der Waals surface area (Å²) < 4.78 is 10.8. The number of amides is 1. The van der Waals surface area contributed by atoms with Crippen molar-refractivity contribution in [2.75, 3.05) is 20.2 Å². The molecule has 1 aliphatic heterocycles.